The van der Waals surface area contributed by atoms with Gasteiger partial charge in [-0.15, -0.1) is 0 Å². The number of benzene rings is 2. The molecular weight excluding hydrogens is 374 g/mol. The number of phenolic OH excluding ortho intramolecular Hbond substituents is 1. The third kappa shape index (κ3) is 3.58. The van der Waals surface area contributed by atoms with Gasteiger partial charge >= 0.3 is 0 Å². The van der Waals surface area contributed by atoms with Crippen molar-refractivity contribution in [1.29, 1.82) is 0 Å². The second-order valence-corrected chi connectivity index (χ2v) is 5.72. The summed E-state index contributed by atoms with van der Waals surface area (Å²) in [6, 6.07) is 12.9. The standard InChI is InChI=1S/C14H11Br2NO2/c15-10-6-11(13(18)12(16)7-10)14(19)17-8-9-4-2-1-3-5-9/h1-7,18H,8H2,(H,17,19). The Morgan fingerprint density at radius 1 is 1.16 bits per heavy atom. The van der Waals surface area contributed by atoms with Crippen LogP contribution in [0.3, 0.4) is 0 Å². The molecule has 0 spiro atoms. The van der Waals surface area contributed by atoms with Crippen LogP contribution in [-0.4, -0.2) is 11.0 Å². The fraction of sp³-hybridized carbons (Fsp3) is 0.0714. The van der Waals surface area contributed by atoms with Gasteiger partial charge in [0.05, 0.1) is 10.0 Å². The minimum absolute atomic E-state index is 0.0613. The Bertz CT molecular complexity index is 600. The zero-order chi connectivity index (χ0) is 13.8. The molecule has 0 heterocycles. The molecule has 98 valence electrons. The molecule has 2 N–H and O–H groups in total. The monoisotopic (exact) mass is 383 g/mol. The molecule has 3 nitrogen and oxygen atoms in total. The number of phenols is 1. The minimum atomic E-state index is -0.316. The van der Waals surface area contributed by atoms with Crippen molar-refractivity contribution < 1.29 is 9.90 Å². The van der Waals surface area contributed by atoms with E-state index in [9.17, 15) is 9.90 Å². The second-order valence-electron chi connectivity index (χ2n) is 3.95. The van der Waals surface area contributed by atoms with Gasteiger partial charge in [-0.25, -0.2) is 0 Å². The number of carbonyl (C=O) groups is 1. The molecule has 2 rings (SSSR count). The molecular formula is C14H11Br2NO2. The molecule has 0 aliphatic carbocycles. The summed E-state index contributed by atoms with van der Waals surface area (Å²) in [6.45, 7) is 0.420. The van der Waals surface area contributed by atoms with E-state index >= 15 is 0 Å². The van der Waals surface area contributed by atoms with E-state index < -0.39 is 0 Å². The summed E-state index contributed by atoms with van der Waals surface area (Å²) in [6.07, 6.45) is 0. The van der Waals surface area contributed by atoms with E-state index in [2.05, 4.69) is 37.2 Å². The third-order valence-electron chi connectivity index (χ3n) is 2.57. The molecule has 0 aliphatic rings. The smallest absolute Gasteiger partial charge is 0.255 e. The Balaban J connectivity index is 2.13. The summed E-state index contributed by atoms with van der Waals surface area (Å²) in [5, 5.41) is 12.6. The Morgan fingerprint density at radius 3 is 2.53 bits per heavy atom. The van der Waals surface area contributed by atoms with E-state index in [0.29, 0.717) is 11.0 Å². The first-order valence-electron chi connectivity index (χ1n) is 5.58. The summed E-state index contributed by atoms with van der Waals surface area (Å²) in [7, 11) is 0. The van der Waals surface area contributed by atoms with Gasteiger partial charge in [0.1, 0.15) is 5.75 Å². The van der Waals surface area contributed by atoms with Crippen molar-refractivity contribution in [2.75, 3.05) is 0 Å². The van der Waals surface area contributed by atoms with E-state index in [0.717, 1.165) is 10.0 Å². The lowest BCUT2D eigenvalue weighted by atomic mass is 10.1. The largest absolute Gasteiger partial charge is 0.506 e. The summed E-state index contributed by atoms with van der Waals surface area (Å²) < 4.78 is 1.20. The highest BCUT2D eigenvalue weighted by molar-refractivity contribution is 9.11. The maximum absolute atomic E-state index is 12.0. The second kappa shape index (κ2) is 6.21. The molecule has 0 aromatic heterocycles. The van der Waals surface area contributed by atoms with Gasteiger partial charge in [-0.05, 0) is 33.6 Å². The van der Waals surface area contributed by atoms with Gasteiger partial charge < -0.3 is 10.4 Å². The number of carbonyl (C=O) groups excluding carboxylic acids is 1. The van der Waals surface area contributed by atoms with Gasteiger partial charge in [0.2, 0.25) is 0 Å². The fourth-order valence-electron chi connectivity index (χ4n) is 1.61. The van der Waals surface area contributed by atoms with Gasteiger partial charge in [0.25, 0.3) is 5.91 Å². The molecule has 0 saturated heterocycles. The number of halogens is 2. The highest BCUT2D eigenvalue weighted by atomic mass is 79.9. The highest BCUT2D eigenvalue weighted by Gasteiger charge is 2.14. The third-order valence-corrected chi connectivity index (χ3v) is 3.63. The van der Waals surface area contributed by atoms with Crippen LogP contribution in [0.15, 0.2) is 51.4 Å². The summed E-state index contributed by atoms with van der Waals surface area (Å²) in [4.78, 5) is 12.0. The zero-order valence-electron chi connectivity index (χ0n) is 9.86. The fourth-order valence-corrected chi connectivity index (χ4v) is 2.84. The van der Waals surface area contributed by atoms with Crippen LogP contribution in [0.5, 0.6) is 5.75 Å². The number of amides is 1. The van der Waals surface area contributed by atoms with Crippen LogP contribution in [0.25, 0.3) is 0 Å². The minimum Gasteiger partial charge on any atom is -0.506 e. The molecule has 2 aromatic carbocycles. The van der Waals surface area contributed by atoms with Crippen molar-refractivity contribution in [2.24, 2.45) is 0 Å². The maximum atomic E-state index is 12.0. The lowest BCUT2D eigenvalue weighted by Gasteiger charge is -2.08. The van der Waals surface area contributed by atoms with Crippen molar-refractivity contribution in [3.05, 3.63) is 62.5 Å². The SMILES string of the molecule is O=C(NCc1ccccc1)c1cc(Br)cc(Br)c1O. The Morgan fingerprint density at radius 2 is 1.84 bits per heavy atom. The van der Waals surface area contributed by atoms with Crippen LogP contribution in [0.1, 0.15) is 15.9 Å². The predicted molar refractivity (Wildman–Crippen MR) is 81.1 cm³/mol. The zero-order valence-corrected chi connectivity index (χ0v) is 13.0. The molecule has 0 aliphatic heterocycles. The van der Waals surface area contributed by atoms with Gasteiger partial charge in [-0.2, -0.15) is 0 Å². The average molecular weight is 385 g/mol. The average Bonchev–Trinajstić information content (AvgIpc) is 2.41. The van der Waals surface area contributed by atoms with E-state index in [1.165, 1.54) is 0 Å². The number of rotatable bonds is 3. The number of nitrogens with one attached hydrogen (secondary N) is 1. The summed E-state index contributed by atoms with van der Waals surface area (Å²) >= 11 is 6.49. The van der Waals surface area contributed by atoms with Crippen molar-refractivity contribution >= 4 is 37.8 Å². The van der Waals surface area contributed by atoms with Crippen LogP contribution in [0.2, 0.25) is 0 Å². The Hall–Kier alpha value is -1.33. The van der Waals surface area contributed by atoms with Crippen LogP contribution in [0.4, 0.5) is 0 Å². The highest BCUT2D eigenvalue weighted by Crippen LogP contribution is 2.31. The topological polar surface area (TPSA) is 49.3 Å². The van der Waals surface area contributed by atoms with E-state index in [-0.39, 0.29) is 17.2 Å². The first-order chi connectivity index (χ1) is 9.08. The van der Waals surface area contributed by atoms with Crippen LogP contribution >= 0.6 is 31.9 Å². The molecule has 0 saturated carbocycles. The molecule has 0 bridgehead atoms. The van der Waals surface area contributed by atoms with Crippen molar-refractivity contribution in [3.63, 3.8) is 0 Å². The van der Waals surface area contributed by atoms with Crippen molar-refractivity contribution in [3.8, 4) is 5.75 Å². The quantitative estimate of drug-likeness (QED) is 0.844. The van der Waals surface area contributed by atoms with Crippen molar-refractivity contribution in [1.82, 2.24) is 5.32 Å². The van der Waals surface area contributed by atoms with Gasteiger partial charge in [0.15, 0.2) is 0 Å². The van der Waals surface area contributed by atoms with Gasteiger partial charge in [-0.1, -0.05) is 46.3 Å². The first kappa shape index (κ1) is 14.1. The number of hydrogen-bond acceptors (Lipinski definition) is 2. The summed E-state index contributed by atoms with van der Waals surface area (Å²) in [5.74, 6) is -0.378. The molecule has 0 unspecified atom stereocenters. The molecule has 0 radical (unpaired) electrons. The van der Waals surface area contributed by atoms with Crippen LogP contribution < -0.4 is 5.32 Å². The normalized spacial score (nSPS) is 10.2. The predicted octanol–water partition coefficient (Wildman–Crippen LogP) is 3.85. The summed E-state index contributed by atoms with van der Waals surface area (Å²) in [5.41, 5.74) is 1.24. The Labute approximate surface area is 127 Å². The van der Waals surface area contributed by atoms with E-state index in [4.69, 9.17) is 0 Å². The first-order valence-corrected chi connectivity index (χ1v) is 7.16. The molecule has 0 atom stereocenters. The lowest BCUT2D eigenvalue weighted by Crippen LogP contribution is -2.22. The molecule has 2 aromatic rings. The van der Waals surface area contributed by atoms with Gasteiger partial charge in [-0.3, -0.25) is 4.79 Å². The maximum Gasteiger partial charge on any atom is 0.255 e. The lowest BCUT2D eigenvalue weighted by molar-refractivity contribution is 0.0948. The van der Waals surface area contributed by atoms with E-state index in [1.54, 1.807) is 12.1 Å². The Kier molecular flexibility index (Phi) is 4.61. The van der Waals surface area contributed by atoms with E-state index in [1.807, 2.05) is 30.3 Å². The molecule has 19 heavy (non-hydrogen) atoms. The van der Waals surface area contributed by atoms with Crippen LogP contribution in [-0.2, 0) is 6.54 Å². The van der Waals surface area contributed by atoms with Crippen LogP contribution in [0, 0.1) is 0 Å². The molecule has 1 amide bonds. The van der Waals surface area contributed by atoms with Gasteiger partial charge in [0, 0.05) is 11.0 Å². The molecule has 0 fully saturated rings. The molecule has 5 heteroatoms. The number of hydrogen-bond donors (Lipinski definition) is 2. The van der Waals surface area contributed by atoms with Crippen molar-refractivity contribution in [2.45, 2.75) is 6.54 Å². The number of aromatic hydroxyl groups is 1.